The molecular formula is C17H18N4O3. The number of rotatable bonds is 4. The minimum absolute atomic E-state index is 0.113. The molecule has 0 radical (unpaired) electrons. The smallest absolute Gasteiger partial charge is 0.226 e. The highest BCUT2D eigenvalue weighted by Gasteiger charge is 2.41. The quantitative estimate of drug-likeness (QED) is 0.792. The highest BCUT2D eigenvalue weighted by molar-refractivity contribution is 5.86. The second-order valence-corrected chi connectivity index (χ2v) is 6.28. The fourth-order valence-electron chi connectivity index (χ4n) is 3.41. The second kappa shape index (κ2) is 5.74. The van der Waals surface area contributed by atoms with Crippen LogP contribution in [0.5, 0.6) is 0 Å². The van der Waals surface area contributed by atoms with Crippen LogP contribution in [0.1, 0.15) is 43.1 Å². The molecule has 3 aromatic rings. The van der Waals surface area contributed by atoms with Crippen LogP contribution in [-0.4, -0.2) is 21.2 Å². The molecule has 0 spiro atoms. The number of hydrogen-bond acceptors (Lipinski definition) is 6. The number of nitrogens with zero attached hydrogens (tertiary/aromatic N) is 3. The molecule has 7 nitrogen and oxygen atoms in total. The number of amides is 1. The summed E-state index contributed by atoms with van der Waals surface area (Å²) in [4.78, 5) is 17.0. The summed E-state index contributed by atoms with van der Waals surface area (Å²) in [6, 6.07) is 7.53. The predicted molar refractivity (Wildman–Crippen MR) is 85.0 cm³/mol. The predicted octanol–water partition coefficient (Wildman–Crippen LogP) is 2.65. The van der Waals surface area contributed by atoms with Gasteiger partial charge in [0.05, 0.1) is 6.42 Å². The second-order valence-electron chi connectivity index (χ2n) is 6.28. The van der Waals surface area contributed by atoms with Crippen molar-refractivity contribution < 1.29 is 13.8 Å². The maximum absolute atomic E-state index is 12.6. The SMILES string of the molecule is Cc1nc(C2(NC(=O)Cc3noc4ccccc34)CCCC2)no1. The lowest BCUT2D eigenvalue weighted by atomic mass is 9.96. The van der Waals surface area contributed by atoms with E-state index in [1.54, 1.807) is 6.92 Å². The van der Waals surface area contributed by atoms with Gasteiger partial charge in [-0.2, -0.15) is 4.98 Å². The fourth-order valence-corrected chi connectivity index (χ4v) is 3.41. The van der Waals surface area contributed by atoms with Crippen LogP contribution >= 0.6 is 0 Å². The zero-order valence-electron chi connectivity index (χ0n) is 13.4. The van der Waals surface area contributed by atoms with Gasteiger partial charge < -0.3 is 14.4 Å². The maximum Gasteiger partial charge on any atom is 0.226 e. The highest BCUT2D eigenvalue weighted by Crippen LogP contribution is 2.37. The Morgan fingerprint density at radius 1 is 1.21 bits per heavy atom. The van der Waals surface area contributed by atoms with E-state index >= 15 is 0 Å². The highest BCUT2D eigenvalue weighted by atomic mass is 16.5. The van der Waals surface area contributed by atoms with Gasteiger partial charge in [0, 0.05) is 12.3 Å². The molecule has 1 fully saturated rings. The van der Waals surface area contributed by atoms with E-state index in [0.717, 1.165) is 31.1 Å². The number of fused-ring (bicyclic) bond motifs is 1. The average molecular weight is 326 g/mol. The van der Waals surface area contributed by atoms with Crippen LogP contribution in [0.4, 0.5) is 0 Å². The molecule has 1 saturated carbocycles. The van der Waals surface area contributed by atoms with Crippen LogP contribution in [0.25, 0.3) is 11.0 Å². The van der Waals surface area contributed by atoms with Gasteiger partial charge in [-0.25, -0.2) is 0 Å². The molecule has 0 saturated heterocycles. The first kappa shape index (κ1) is 14.9. The Morgan fingerprint density at radius 3 is 2.75 bits per heavy atom. The van der Waals surface area contributed by atoms with E-state index in [0.29, 0.717) is 23.0 Å². The van der Waals surface area contributed by atoms with Gasteiger partial charge in [0.1, 0.15) is 11.2 Å². The zero-order valence-corrected chi connectivity index (χ0v) is 13.4. The van der Waals surface area contributed by atoms with Crippen molar-refractivity contribution in [3.05, 3.63) is 41.7 Å². The minimum atomic E-state index is -0.533. The van der Waals surface area contributed by atoms with Gasteiger partial charge in [0.2, 0.25) is 11.8 Å². The number of nitrogens with one attached hydrogen (secondary N) is 1. The van der Waals surface area contributed by atoms with Gasteiger partial charge >= 0.3 is 0 Å². The Bertz CT molecular complexity index is 877. The number of aromatic nitrogens is 3. The lowest BCUT2D eigenvalue weighted by molar-refractivity contribution is -0.122. The van der Waals surface area contributed by atoms with Crippen molar-refractivity contribution in [2.45, 2.75) is 44.6 Å². The normalized spacial score (nSPS) is 16.5. The van der Waals surface area contributed by atoms with Crippen LogP contribution in [0.2, 0.25) is 0 Å². The van der Waals surface area contributed by atoms with Crippen LogP contribution < -0.4 is 5.32 Å². The van der Waals surface area contributed by atoms with E-state index in [9.17, 15) is 4.79 Å². The zero-order chi connectivity index (χ0) is 16.6. The fraction of sp³-hybridized carbons (Fsp3) is 0.412. The van der Waals surface area contributed by atoms with Crippen LogP contribution in [0, 0.1) is 6.92 Å². The molecule has 2 heterocycles. The van der Waals surface area contributed by atoms with Crippen LogP contribution in [0.15, 0.2) is 33.3 Å². The monoisotopic (exact) mass is 326 g/mol. The first-order valence-electron chi connectivity index (χ1n) is 8.11. The molecule has 0 aliphatic heterocycles. The summed E-state index contributed by atoms with van der Waals surface area (Å²) in [6.07, 6.45) is 3.85. The third kappa shape index (κ3) is 2.55. The summed E-state index contributed by atoms with van der Waals surface area (Å²) < 4.78 is 10.4. The average Bonchev–Trinajstić information content (AvgIpc) is 3.29. The van der Waals surface area contributed by atoms with Gasteiger partial charge in [0.25, 0.3) is 0 Å². The van der Waals surface area contributed by atoms with E-state index in [4.69, 9.17) is 9.05 Å². The Morgan fingerprint density at radius 2 is 2.00 bits per heavy atom. The van der Waals surface area contributed by atoms with Gasteiger partial charge in [-0.1, -0.05) is 35.3 Å². The molecular weight excluding hydrogens is 308 g/mol. The number of aryl methyl sites for hydroxylation is 1. The van der Waals surface area contributed by atoms with E-state index < -0.39 is 5.54 Å². The Balaban J connectivity index is 1.56. The first-order chi connectivity index (χ1) is 11.7. The van der Waals surface area contributed by atoms with Gasteiger partial charge in [-0.3, -0.25) is 4.79 Å². The standard InChI is InChI=1S/C17H18N4O3/c1-11-18-16(21-23-11)17(8-4-5-9-17)19-15(22)10-13-12-6-2-3-7-14(12)24-20-13/h2-3,6-7H,4-5,8-10H2,1H3,(H,19,22). The van der Waals surface area contributed by atoms with Crippen molar-refractivity contribution in [3.63, 3.8) is 0 Å². The molecule has 0 unspecified atom stereocenters. The van der Waals surface area contributed by atoms with Gasteiger partial charge in [-0.15, -0.1) is 0 Å². The summed E-state index contributed by atoms with van der Waals surface area (Å²) in [7, 11) is 0. The summed E-state index contributed by atoms with van der Waals surface area (Å²) in [5.74, 6) is 0.960. The first-order valence-corrected chi connectivity index (χ1v) is 8.11. The molecule has 0 bridgehead atoms. The number of hydrogen-bond donors (Lipinski definition) is 1. The Labute approximate surface area is 138 Å². The van der Waals surface area contributed by atoms with Crippen molar-refractivity contribution in [1.82, 2.24) is 20.6 Å². The van der Waals surface area contributed by atoms with E-state index in [1.807, 2.05) is 24.3 Å². The third-order valence-electron chi connectivity index (χ3n) is 4.57. The van der Waals surface area contributed by atoms with Gasteiger partial charge in [0.15, 0.2) is 11.4 Å². The van der Waals surface area contributed by atoms with Crippen molar-refractivity contribution in [1.29, 1.82) is 0 Å². The molecule has 24 heavy (non-hydrogen) atoms. The van der Waals surface area contributed by atoms with Crippen molar-refractivity contribution >= 4 is 16.9 Å². The molecule has 7 heteroatoms. The van der Waals surface area contributed by atoms with Crippen LogP contribution in [-0.2, 0) is 16.8 Å². The summed E-state index contributed by atoms with van der Waals surface area (Å²) in [5, 5.41) is 12.0. The molecule has 0 atom stereocenters. The molecule has 4 rings (SSSR count). The lowest BCUT2D eigenvalue weighted by Gasteiger charge is -2.26. The number of carbonyl (C=O) groups excluding carboxylic acids is 1. The number of benzene rings is 1. The number of para-hydroxylation sites is 1. The lowest BCUT2D eigenvalue weighted by Crippen LogP contribution is -2.45. The Hall–Kier alpha value is -2.70. The molecule has 1 aromatic carbocycles. The van der Waals surface area contributed by atoms with E-state index in [2.05, 4.69) is 20.6 Å². The minimum Gasteiger partial charge on any atom is -0.356 e. The largest absolute Gasteiger partial charge is 0.356 e. The maximum atomic E-state index is 12.6. The topological polar surface area (TPSA) is 94.1 Å². The molecule has 2 aromatic heterocycles. The third-order valence-corrected chi connectivity index (χ3v) is 4.57. The molecule has 1 aliphatic rings. The number of carbonyl (C=O) groups is 1. The summed E-state index contributed by atoms with van der Waals surface area (Å²) >= 11 is 0. The van der Waals surface area contributed by atoms with E-state index in [-0.39, 0.29) is 12.3 Å². The van der Waals surface area contributed by atoms with Crippen molar-refractivity contribution in [2.24, 2.45) is 0 Å². The summed E-state index contributed by atoms with van der Waals surface area (Å²) in [5.41, 5.74) is 0.791. The molecule has 124 valence electrons. The van der Waals surface area contributed by atoms with Crippen molar-refractivity contribution in [2.75, 3.05) is 0 Å². The summed E-state index contributed by atoms with van der Waals surface area (Å²) in [6.45, 7) is 1.75. The molecule has 1 N–H and O–H groups in total. The van der Waals surface area contributed by atoms with Crippen molar-refractivity contribution in [3.8, 4) is 0 Å². The van der Waals surface area contributed by atoms with E-state index in [1.165, 1.54) is 0 Å². The van der Waals surface area contributed by atoms with Crippen LogP contribution in [0.3, 0.4) is 0 Å². The molecule has 1 aliphatic carbocycles. The van der Waals surface area contributed by atoms with Gasteiger partial charge in [-0.05, 0) is 25.0 Å². The molecule has 1 amide bonds. The Kier molecular flexibility index (Phi) is 3.55.